The number of amides is 3. The van der Waals surface area contributed by atoms with Crippen molar-refractivity contribution in [2.45, 2.75) is 51.2 Å². The summed E-state index contributed by atoms with van der Waals surface area (Å²) in [7, 11) is 0. The molecule has 3 amide bonds. The summed E-state index contributed by atoms with van der Waals surface area (Å²) in [5.41, 5.74) is 0. The van der Waals surface area contributed by atoms with E-state index >= 15 is 0 Å². The Morgan fingerprint density at radius 1 is 1.36 bits per heavy atom. The van der Waals surface area contributed by atoms with E-state index in [0.29, 0.717) is 31.7 Å². The standard InChI is InChI=1S/C16H25N3O5S/c1-9(2)5-11-16(24)19-4-3-10(6-12(19)15(23)18-11)17-13(20)7-25-8-14(21)22/h9-12H,3-8H2,1-2H3,(H,17,20)(H,18,23)(H,21,22)/p-1/t10-,11+,12-/m0/s1. The number of fused-ring (bicyclic) bond motifs is 1. The number of thioether (sulfide) groups is 1. The van der Waals surface area contributed by atoms with Crippen LogP contribution in [0.3, 0.4) is 0 Å². The molecule has 2 N–H and O–H groups in total. The zero-order valence-electron chi connectivity index (χ0n) is 14.4. The number of nitrogens with zero attached hydrogens (tertiary/aromatic N) is 1. The van der Waals surface area contributed by atoms with E-state index < -0.39 is 18.1 Å². The molecule has 2 rings (SSSR count). The Kier molecular flexibility index (Phi) is 6.69. The molecule has 0 aromatic heterocycles. The van der Waals surface area contributed by atoms with Gasteiger partial charge in [0.1, 0.15) is 12.1 Å². The largest absolute Gasteiger partial charge is 0.549 e. The topological polar surface area (TPSA) is 119 Å². The fraction of sp³-hybridized carbons (Fsp3) is 0.750. The van der Waals surface area contributed by atoms with E-state index in [-0.39, 0.29) is 35.3 Å². The molecule has 0 aromatic rings. The number of carbonyl (C=O) groups is 4. The van der Waals surface area contributed by atoms with Gasteiger partial charge in [0, 0.05) is 18.3 Å². The molecule has 0 saturated carbocycles. The summed E-state index contributed by atoms with van der Waals surface area (Å²) in [5, 5.41) is 16.0. The molecule has 3 atom stereocenters. The molecule has 0 aliphatic carbocycles. The number of piperazine rings is 1. The van der Waals surface area contributed by atoms with Gasteiger partial charge in [0.05, 0.1) is 11.7 Å². The molecule has 8 nitrogen and oxygen atoms in total. The lowest BCUT2D eigenvalue weighted by Gasteiger charge is -2.44. The highest BCUT2D eigenvalue weighted by Crippen LogP contribution is 2.24. The number of hydrogen-bond acceptors (Lipinski definition) is 6. The maximum Gasteiger partial charge on any atom is 0.245 e. The van der Waals surface area contributed by atoms with Gasteiger partial charge in [-0.15, -0.1) is 11.8 Å². The summed E-state index contributed by atoms with van der Waals surface area (Å²) in [4.78, 5) is 48.7. The number of carbonyl (C=O) groups excluding carboxylic acids is 4. The van der Waals surface area contributed by atoms with Crippen molar-refractivity contribution in [1.82, 2.24) is 15.5 Å². The molecular weight excluding hydrogens is 346 g/mol. The molecule has 0 unspecified atom stereocenters. The number of piperidine rings is 1. The average Bonchev–Trinajstić information content (AvgIpc) is 2.51. The number of carboxylic acids is 1. The predicted molar refractivity (Wildman–Crippen MR) is 90.4 cm³/mol. The van der Waals surface area contributed by atoms with E-state index in [2.05, 4.69) is 10.6 Å². The second-order valence-electron chi connectivity index (χ2n) is 6.89. The fourth-order valence-electron chi connectivity index (χ4n) is 3.27. The SMILES string of the molecule is CC(C)C[C@H]1NC(=O)[C@@H]2C[C@@H](NC(=O)CSCC(=O)[O-])CCN2C1=O. The van der Waals surface area contributed by atoms with Crippen molar-refractivity contribution in [3.05, 3.63) is 0 Å². The molecule has 9 heteroatoms. The third-order valence-corrected chi connectivity index (χ3v) is 5.23. The third kappa shape index (κ3) is 5.35. The van der Waals surface area contributed by atoms with E-state index in [1.54, 1.807) is 4.90 Å². The Balaban J connectivity index is 1.87. The molecular formula is C16H24N3O5S-. The van der Waals surface area contributed by atoms with Crippen molar-refractivity contribution in [1.29, 1.82) is 0 Å². The van der Waals surface area contributed by atoms with Crippen LogP contribution in [0.1, 0.15) is 33.1 Å². The molecule has 0 bridgehead atoms. The number of hydrogen-bond donors (Lipinski definition) is 2. The molecule has 140 valence electrons. The Hall–Kier alpha value is -1.77. The Labute approximate surface area is 151 Å². The minimum atomic E-state index is -1.21. The maximum atomic E-state index is 12.5. The first-order valence-electron chi connectivity index (χ1n) is 8.45. The Morgan fingerprint density at radius 3 is 2.72 bits per heavy atom. The van der Waals surface area contributed by atoms with Crippen molar-refractivity contribution < 1.29 is 24.3 Å². The molecule has 0 radical (unpaired) electrons. The summed E-state index contributed by atoms with van der Waals surface area (Å²) in [6.07, 6.45) is 1.58. The quantitative estimate of drug-likeness (QED) is 0.562. The van der Waals surface area contributed by atoms with Crippen LogP contribution in [-0.2, 0) is 19.2 Å². The monoisotopic (exact) mass is 370 g/mol. The number of nitrogens with one attached hydrogen (secondary N) is 2. The predicted octanol–water partition coefficient (Wildman–Crippen LogP) is -1.51. The highest BCUT2D eigenvalue weighted by Gasteiger charge is 2.43. The summed E-state index contributed by atoms with van der Waals surface area (Å²) in [6.45, 7) is 4.44. The van der Waals surface area contributed by atoms with Gasteiger partial charge >= 0.3 is 0 Å². The van der Waals surface area contributed by atoms with E-state index in [1.165, 1.54) is 0 Å². The molecule has 2 aliphatic rings. The van der Waals surface area contributed by atoms with Gasteiger partial charge in [-0.1, -0.05) is 13.8 Å². The van der Waals surface area contributed by atoms with Gasteiger partial charge < -0.3 is 25.4 Å². The minimum absolute atomic E-state index is 0.0282. The lowest BCUT2D eigenvalue weighted by Crippen LogP contribution is -2.67. The normalized spacial score (nSPS) is 26.2. The lowest BCUT2D eigenvalue weighted by atomic mass is 9.91. The zero-order chi connectivity index (χ0) is 18.6. The van der Waals surface area contributed by atoms with Gasteiger partial charge in [-0.3, -0.25) is 14.4 Å². The molecule has 25 heavy (non-hydrogen) atoms. The van der Waals surface area contributed by atoms with Gasteiger partial charge in [-0.05, 0) is 25.2 Å². The fourth-order valence-corrected chi connectivity index (χ4v) is 3.80. The van der Waals surface area contributed by atoms with Crippen LogP contribution < -0.4 is 15.7 Å². The Bertz CT molecular complexity index is 554. The first-order chi connectivity index (χ1) is 11.8. The van der Waals surface area contributed by atoms with Crippen LogP contribution >= 0.6 is 11.8 Å². The van der Waals surface area contributed by atoms with Crippen LogP contribution in [0, 0.1) is 5.92 Å². The second kappa shape index (κ2) is 8.55. The molecule has 2 saturated heterocycles. The highest BCUT2D eigenvalue weighted by atomic mass is 32.2. The molecule has 2 fully saturated rings. The minimum Gasteiger partial charge on any atom is -0.549 e. The summed E-state index contributed by atoms with van der Waals surface area (Å²) < 4.78 is 0. The first kappa shape index (κ1) is 19.6. The Morgan fingerprint density at radius 2 is 2.08 bits per heavy atom. The lowest BCUT2D eigenvalue weighted by molar-refractivity contribution is -0.301. The van der Waals surface area contributed by atoms with E-state index in [0.717, 1.165) is 11.8 Å². The summed E-state index contributed by atoms with van der Waals surface area (Å²) >= 11 is 0.970. The smallest absolute Gasteiger partial charge is 0.245 e. The third-order valence-electron chi connectivity index (χ3n) is 4.33. The molecule has 0 aromatic carbocycles. The average molecular weight is 370 g/mol. The number of rotatable bonds is 7. The molecule has 2 heterocycles. The summed E-state index contributed by atoms with van der Waals surface area (Å²) in [5.74, 6) is -1.60. The van der Waals surface area contributed by atoms with Crippen LogP contribution in [0.5, 0.6) is 0 Å². The van der Waals surface area contributed by atoms with Crippen molar-refractivity contribution in [3.63, 3.8) is 0 Å². The molecule has 0 spiro atoms. The van der Waals surface area contributed by atoms with Gasteiger partial charge in [-0.2, -0.15) is 0 Å². The van der Waals surface area contributed by atoms with Crippen molar-refractivity contribution >= 4 is 35.5 Å². The zero-order valence-corrected chi connectivity index (χ0v) is 15.3. The number of carboxylic acid groups (broad SMARTS) is 1. The first-order valence-corrected chi connectivity index (χ1v) is 9.61. The van der Waals surface area contributed by atoms with Crippen LogP contribution in [-0.4, -0.2) is 64.8 Å². The maximum absolute atomic E-state index is 12.5. The van der Waals surface area contributed by atoms with Crippen LogP contribution in [0.25, 0.3) is 0 Å². The van der Waals surface area contributed by atoms with E-state index in [9.17, 15) is 24.3 Å². The van der Waals surface area contributed by atoms with Gasteiger partial charge in [0.25, 0.3) is 0 Å². The second-order valence-corrected chi connectivity index (χ2v) is 7.88. The van der Waals surface area contributed by atoms with Crippen LogP contribution in [0.15, 0.2) is 0 Å². The molecule has 2 aliphatic heterocycles. The van der Waals surface area contributed by atoms with Crippen LogP contribution in [0.2, 0.25) is 0 Å². The van der Waals surface area contributed by atoms with Gasteiger partial charge in [0.15, 0.2) is 0 Å². The van der Waals surface area contributed by atoms with E-state index in [4.69, 9.17) is 0 Å². The number of aliphatic carboxylic acids is 1. The van der Waals surface area contributed by atoms with Crippen molar-refractivity contribution in [2.75, 3.05) is 18.1 Å². The van der Waals surface area contributed by atoms with Gasteiger partial charge in [0.2, 0.25) is 17.7 Å². The van der Waals surface area contributed by atoms with E-state index in [1.807, 2.05) is 13.8 Å². The summed E-state index contributed by atoms with van der Waals surface area (Å²) in [6, 6.07) is -1.21. The highest BCUT2D eigenvalue weighted by molar-refractivity contribution is 8.00. The van der Waals surface area contributed by atoms with Crippen LogP contribution in [0.4, 0.5) is 0 Å². The van der Waals surface area contributed by atoms with Crippen molar-refractivity contribution in [2.24, 2.45) is 5.92 Å². The van der Waals surface area contributed by atoms with Gasteiger partial charge in [-0.25, -0.2) is 0 Å². The van der Waals surface area contributed by atoms with Crippen molar-refractivity contribution in [3.8, 4) is 0 Å².